The highest BCUT2D eigenvalue weighted by Crippen LogP contribution is 2.45. The molecule has 1 aliphatic rings. The maximum absolute atomic E-state index is 12.7. The van der Waals surface area contributed by atoms with E-state index in [0.29, 0.717) is 13.1 Å². The molecule has 0 saturated heterocycles. The summed E-state index contributed by atoms with van der Waals surface area (Å²) in [5.41, 5.74) is 4.22. The van der Waals surface area contributed by atoms with Gasteiger partial charge in [0, 0.05) is 48.9 Å². The van der Waals surface area contributed by atoms with E-state index in [1.54, 1.807) is 22.7 Å². The minimum atomic E-state index is -0.503. The number of aryl methyl sites for hydroxylation is 1. The van der Waals surface area contributed by atoms with Crippen LogP contribution < -0.4 is 10.6 Å². The SMILES string of the molecule is Cn1cc(CNCCCNc2sc3c(c2-c2nc4ccccc4s2)CCN(C(=O)OC(C)(C)C)C3)cn1. The molecule has 0 atom stereocenters. The topological polar surface area (TPSA) is 84.3 Å². The Balaban J connectivity index is 1.31. The molecule has 1 aromatic carbocycles. The fourth-order valence-corrected chi connectivity index (χ4v) is 6.83. The molecule has 2 N–H and O–H groups in total. The molecule has 0 aliphatic carbocycles. The van der Waals surface area contributed by atoms with E-state index in [0.717, 1.165) is 48.0 Å². The number of thiazole rings is 1. The average molecular weight is 539 g/mol. The van der Waals surface area contributed by atoms with Crippen LogP contribution in [0.3, 0.4) is 0 Å². The van der Waals surface area contributed by atoms with Crippen LogP contribution in [-0.2, 0) is 31.3 Å². The van der Waals surface area contributed by atoms with E-state index in [2.05, 4.69) is 33.9 Å². The third-order valence-electron chi connectivity index (χ3n) is 6.12. The van der Waals surface area contributed by atoms with Gasteiger partial charge in [-0.25, -0.2) is 9.78 Å². The van der Waals surface area contributed by atoms with Crippen molar-refractivity contribution in [2.24, 2.45) is 7.05 Å². The molecule has 4 aromatic rings. The smallest absolute Gasteiger partial charge is 0.410 e. The van der Waals surface area contributed by atoms with Gasteiger partial charge in [0.2, 0.25) is 0 Å². The molecule has 196 valence electrons. The van der Waals surface area contributed by atoms with Gasteiger partial charge in [0.25, 0.3) is 0 Å². The van der Waals surface area contributed by atoms with Gasteiger partial charge in [0.05, 0.1) is 28.0 Å². The molecule has 3 aromatic heterocycles. The average Bonchev–Trinajstić information content (AvgIpc) is 3.55. The predicted molar refractivity (Wildman–Crippen MR) is 151 cm³/mol. The van der Waals surface area contributed by atoms with Crippen LogP contribution in [0.15, 0.2) is 36.7 Å². The van der Waals surface area contributed by atoms with Crippen molar-refractivity contribution < 1.29 is 9.53 Å². The number of rotatable bonds is 8. The number of amides is 1. The number of nitrogens with one attached hydrogen (secondary N) is 2. The van der Waals surface area contributed by atoms with E-state index in [1.165, 1.54) is 26.3 Å². The second kappa shape index (κ2) is 10.8. The monoisotopic (exact) mass is 538 g/mol. The summed E-state index contributed by atoms with van der Waals surface area (Å²) in [5.74, 6) is 0. The van der Waals surface area contributed by atoms with Crippen molar-refractivity contribution in [1.29, 1.82) is 0 Å². The summed E-state index contributed by atoms with van der Waals surface area (Å²) in [6.45, 7) is 9.52. The molecule has 1 aliphatic heterocycles. The van der Waals surface area contributed by atoms with Gasteiger partial charge in [0.1, 0.15) is 10.6 Å². The maximum Gasteiger partial charge on any atom is 0.410 e. The highest BCUT2D eigenvalue weighted by Gasteiger charge is 2.31. The van der Waals surface area contributed by atoms with Gasteiger partial charge in [-0.15, -0.1) is 22.7 Å². The van der Waals surface area contributed by atoms with E-state index < -0.39 is 5.60 Å². The van der Waals surface area contributed by atoms with E-state index in [4.69, 9.17) is 9.72 Å². The van der Waals surface area contributed by atoms with Crippen LogP contribution in [0.25, 0.3) is 20.8 Å². The van der Waals surface area contributed by atoms with E-state index in [1.807, 2.05) is 55.9 Å². The van der Waals surface area contributed by atoms with Crippen molar-refractivity contribution in [3.8, 4) is 10.6 Å². The molecular formula is C27H34N6O2S2. The normalized spacial score (nSPS) is 13.7. The lowest BCUT2D eigenvalue weighted by molar-refractivity contribution is 0.0227. The number of thiophene rings is 1. The van der Waals surface area contributed by atoms with Crippen LogP contribution in [0, 0.1) is 0 Å². The number of hydrogen-bond acceptors (Lipinski definition) is 8. The number of para-hydroxylation sites is 1. The fraction of sp³-hybridized carbons (Fsp3) is 0.444. The van der Waals surface area contributed by atoms with Crippen LogP contribution in [0.4, 0.5) is 9.80 Å². The molecule has 0 spiro atoms. The van der Waals surface area contributed by atoms with Crippen molar-refractivity contribution in [3.05, 3.63) is 52.7 Å². The number of ether oxygens (including phenoxy) is 1. The lowest BCUT2D eigenvalue weighted by Gasteiger charge is -2.30. The van der Waals surface area contributed by atoms with Gasteiger partial charge >= 0.3 is 6.09 Å². The van der Waals surface area contributed by atoms with Crippen molar-refractivity contribution in [2.45, 2.75) is 52.3 Å². The third kappa shape index (κ3) is 6.14. The van der Waals surface area contributed by atoms with E-state index in [9.17, 15) is 4.79 Å². The summed E-state index contributed by atoms with van der Waals surface area (Å²) >= 11 is 3.48. The molecule has 4 heterocycles. The lowest BCUT2D eigenvalue weighted by Crippen LogP contribution is -2.39. The third-order valence-corrected chi connectivity index (χ3v) is 8.35. The Morgan fingerprint density at radius 1 is 1.19 bits per heavy atom. The van der Waals surface area contributed by atoms with Gasteiger partial charge < -0.3 is 20.3 Å². The zero-order valence-corrected chi connectivity index (χ0v) is 23.5. The first-order valence-electron chi connectivity index (χ1n) is 12.7. The standard InChI is InChI=1S/C27H34N6O2S2/c1-27(2,3)35-26(34)33-13-10-19-22(17-33)37-24(23(19)25-31-20-8-5-6-9-21(20)36-25)29-12-7-11-28-14-18-15-30-32(4)16-18/h5-6,8-9,15-16,28-29H,7,10-14,17H2,1-4H3. The lowest BCUT2D eigenvalue weighted by atomic mass is 10.0. The van der Waals surface area contributed by atoms with Crippen LogP contribution in [0.1, 0.15) is 43.2 Å². The van der Waals surface area contributed by atoms with E-state index >= 15 is 0 Å². The largest absolute Gasteiger partial charge is 0.444 e. The summed E-state index contributed by atoms with van der Waals surface area (Å²) in [7, 11) is 1.93. The quantitative estimate of drug-likeness (QED) is 0.282. The number of anilines is 1. The minimum Gasteiger partial charge on any atom is -0.444 e. The molecule has 10 heteroatoms. The summed E-state index contributed by atoms with van der Waals surface area (Å²) in [6.07, 6.45) is 5.47. The minimum absolute atomic E-state index is 0.248. The summed E-state index contributed by atoms with van der Waals surface area (Å²) < 4.78 is 8.66. The van der Waals surface area contributed by atoms with Gasteiger partial charge in [0.15, 0.2) is 0 Å². The number of benzene rings is 1. The summed E-state index contributed by atoms with van der Waals surface area (Å²) in [5, 5.41) is 13.6. The number of carbonyl (C=O) groups is 1. The van der Waals surface area contributed by atoms with Crippen LogP contribution >= 0.6 is 22.7 Å². The van der Waals surface area contributed by atoms with Crippen LogP contribution in [0.5, 0.6) is 0 Å². The Hall–Kier alpha value is -2.95. The van der Waals surface area contributed by atoms with Crippen molar-refractivity contribution >= 4 is 44.0 Å². The van der Waals surface area contributed by atoms with E-state index in [-0.39, 0.29) is 6.09 Å². The number of nitrogens with zero attached hydrogens (tertiary/aromatic N) is 4. The van der Waals surface area contributed by atoms with Crippen molar-refractivity contribution in [1.82, 2.24) is 25.0 Å². The molecule has 1 amide bonds. The summed E-state index contributed by atoms with van der Waals surface area (Å²) in [6, 6.07) is 8.29. The number of carbonyl (C=O) groups excluding carboxylic acids is 1. The Morgan fingerprint density at radius 2 is 2.03 bits per heavy atom. The van der Waals surface area contributed by atoms with Crippen molar-refractivity contribution in [2.75, 3.05) is 25.0 Å². The molecule has 0 saturated carbocycles. The molecule has 0 unspecified atom stereocenters. The molecule has 0 radical (unpaired) electrons. The van der Waals surface area contributed by atoms with Gasteiger partial charge in [-0.3, -0.25) is 4.68 Å². The Kier molecular flexibility index (Phi) is 7.50. The number of aromatic nitrogens is 3. The maximum atomic E-state index is 12.7. The van der Waals surface area contributed by atoms with Crippen LogP contribution in [0.2, 0.25) is 0 Å². The fourth-order valence-electron chi connectivity index (χ4n) is 4.43. The van der Waals surface area contributed by atoms with Gasteiger partial charge in [-0.2, -0.15) is 5.10 Å². The summed E-state index contributed by atoms with van der Waals surface area (Å²) in [4.78, 5) is 20.8. The first-order valence-corrected chi connectivity index (χ1v) is 14.3. The Morgan fingerprint density at radius 3 is 2.78 bits per heavy atom. The highest BCUT2D eigenvalue weighted by molar-refractivity contribution is 7.22. The van der Waals surface area contributed by atoms with Gasteiger partial charge in [-0.05, 0) is 57.9 Å². The molecule has 37 heavy (non-hydrogen) atoms. The second-order valence-corrected chi connectivity index (χ2v) is 12.5. The number of hydrogen-bond donors (Lipinski definition) is 2. The first-order chi connectivity index (χ1) is 17.8. The van der Waals surface area contributed by atoms with Crippen molar-refractivity contribution in [3.63, 3.8) is 0 Å². The Labute approximate surface area is 225 Å². The van der Waals surface area contributed by atoms with Crippen LogP contribution in [-0.4, -0.2) is 51.0 Å². The molecule has 0 fully saturated rings. The second-order valence-electron chi connectivity index (χ2n) is 10.3. The van der Waals surface area contributed by atoms with Gasteiger partial charge in [-0.1, -0.05) is 12.1 Å². The molecule has 5 rings (SSSR count). The molecule has 8 nitrogen and oxygen atoms in total. The first kappa shape index (κ1) is 25.7. The zero-order valence-electron chi connectivity index (χ0n) is 21.8. The zero-order chi connectivity index (χ0) is 26.0. The predicted octanol–water partition coefficient (Wildman–Crippen LogP) is 5.64. The number of fused-ring (bicyclic) bond motifs is 2. The Bertz CT molecular complexity index is 1350. The highest BCUT2D eigenvalue weighted by atomic mass is 32.1. The molecular weight excluding hydrogens is 504 g/mol. The molecule has 0 bridgehead atoms.